The maximum atomic E-state index is 13.1. The summed E-state index contributed by atoms with van der Waals surface area (Å²) < 4.78 is 11.1. The van der Waals surface area contributed by atoms with Crippen LogP contribution in [0.3, 0.4) is 0 Å². The molecule has 8 N–H and O–H groups in total. The summed E-state index contributed by atoms with van der Waals surface area (Å²) in [6, 6.07) is -1.17. The van der Waals surface area contributed by atoms with Gasteiger partial charge in [-0.1, -0.05) is 225 Å². The van der Waals surface area contributed by atoms with Crippen LogP contribution < -0.4 is 5.32 Å². The van der Waals surface area contributed by atoms with Crippen LogP contribution in [0.25, 0.3) is 0 Å². The number of aliphatic hydroxyl groups excluding tert-OH is 7. The molecular formula is C53H103NO10. The highest BCUT2D eigenvalue weighted by Gasteiger charge is 2.44. The van der Waals surface area contributed by atoms with Gasteiger partial charge in [-0.25, -0.2) is 0 Å². The number of aliphatic hydroxyl groups is 7. The average Bonchev–Trinajstić information content (AvgIpc) is 3.29. The van der Waals surface area contributed by atoms with Crippen molar-refractivity contribution in [3.63, 3.8) is 0 Å². The molecule has 0 aromatic heterocycles. The molecular weight excluding hydrogens is 811 g/mol. The van der Waals surface area contributed by atoms with Crippen molar-refractivity contribution < 1.29 is 50.0 Å². The molecule has 11 nitrogen and oxygen atoms in total. The van der Waals surface area contributed by atoms with Gasteiger partial charge in [-0.3, -0.25) is 4.79 Å². The van der Waals surface area contributed by atoms with Crippen LogP contribution in [0.1, 0.15) is 251 Å². The smallest absolute Gasteiger partial charge is 0.249 e. The van der Waals surface area contributed by atoms with Crippen molar-refractivity contribution in [2.45, 2.75) is 306 Å². The zero-order valence-corrected chi connectivity index (χ0v) is 41.3. The third-order valence-electron chi connectivity index (χ3n) is 13.3. The van der Waals surface area contributed by atoms with Gasteiger partial charge in [0.15, 0.2) is 6.29 Å². The van der Waals surface area contributed by atoms with E-state index in [0.29, 0.717) is 19.3 Å². The molecule has 1 rings (SSSR count). The van der Waals surface area contributed by atoms with Crippen molar-refractivity contribution in [2.75, 3.05) is 13.2 Å². The van der Waals surface area contributed by atoms with E-state index in [1.54, 1.807) is 0 Å². The first-order valence-corrected chi connectivity index (χ1v) is 27.1. The largest absolute Gasteiger partial charge is 0.394 e. The number of amides is 1. The second-order valence-corrected chi connectivity index (χ2v) is 19.3. The van der Waals surface area contributed by atoms with Gasteiger partial charge in [-0.05, 0) is 38.5 Å². The lowest BCUT2D eigenvalue weighted by atomic mass is 9.98. The number of carbonyl (C=O) groups is 1. The van der Waals surface area contributed by atoms with Gasteiger partial charge in [0, 0.05) is 0 Å². The van der Waals surface area contributed by atoms with E-state index in [1.165, 1.54) is 167 Å². The normalized spacial score (nSPS) is 21.0. The Bertz CT molecular complexity index is 1050. The Hall–Kier alpha value is -1.15. The number of rotatable bonds is 46. The number of carbonyl (C=O) groups excluding carboxylic acids is 1. The SMILES string of the molecule is CCCCCCCCCCCCCC/C=C\CCCCCCCCCCC(O)C(=O)NC(COC1OC(CO)C(O)C(O)C1O)C(O)C(O)CCCCCCCCCCCCCCC. The molecule has 0 bridgehead atoms. The lowest BCUT2D eigenvalue weighted by Crippen LogP contribution is -2.60. The number of ether oxygens (including phenoxy) is 2. The first kappa shape index (κ1) is 60.9. The highest BCUT2D eigenvalue weighted by molar-refractivity contribution is 5.80. The standard InChI is InChI=1S/C53H103NO10/c1-3-5-7-9-11-13-15-17-18-19-20-21-22-23-24-25-26-27-29-31-33-35-37-39-41-46(57)52(62)54-44(43-63-53-51(61)50(60)49(59)47(42-55)64-53)48(58)45(56)40-38-36-34-32-30-28-16-14-12-10-8-6-4-2/h23-24,44-51,53,55-61H,3-22,25-43H2,1-2H3,(H,54,62)/b24-23-. The monoisotopic (exact) mass is 914 g/mol. The maximum absolute atomic E-state index is 13.1. The van der Waals surface area contributed by atoms with E-state index in [0.717, 1.165) is 44.9 Å². The van der Waals surface area contributed by atoms with Crippen LogP contribution >= 0.6 is 0 Å². The average molecular weight is 914 g/mol. The van der Waals surface area contributed by atoms with E-state index >= 15 is 0 Å². The number of unbranched alkanes of at least 4 members (excludes halogenated alkanes) is 32. The molecule has 0 radical (unpaired) electrons. The molecule has 380 valence electrons. The number of hydrogen-bond donors (Lipinski definition) is 8. The molecule has 1 amide bonds. The molecule has 0 aromatic rings. The zero-order valence-electron chi connectivity index (χ0n) is 41.3. The van der Waals surface area contributed by atoms with Gasteiger partial charge in [0.1, 0.15) is 36.6 Å². The fourth-order valence-corrected chi connectivity index (χ4v) is 8.85. The third kappa shape index (κ3) is 31.8. The summed E-state index contributed by atoms with van der Waals surface area (Å²) in [6.07, 6.45) is 36.9. The number of allylic oxidation sites excluding steroid dienone is 2. The van der Waals surface area contributed by atoms with Crippen LogP contribution in [-0.4, -0.2) is 110 Å². The highest BCUT2D eigenvalue weighted by Crippen LogP contribution is 2.23. The maximum Gasteiger partial charge on any atom is 0.249 e. The van der Waals surface area contributed by atoms with Crippen molar-refractivity contribution >= 4 is 5.91 Å². The first-order valence-electron chi connectivity index (χ1n) is 27.1. The Labute approximate surface area is 392 Å². The molecule has 1 aliphatic rings. The molecule has 0 spiro atoms. The minimum absolute atomic E-state index is 0.259. The van der Waals surface area contributed by atoms with Crippen LogP contribution in [0.4, 0.5) is 0 Å². The van der Waals surface area contributed by atoms with Crippen molar-refractivity contribution in [2.24, 2.45) is 0 Å². The topological polar surface area (TPSA) is 189 Å². The Morgan fingerprint density at radius 3 is 1.31 bits per heavy atom. The molecule has 64 heavy (non-hydrogen) atoms. The van der Waals surface area contributed by atoms with Gasteiger partial charge in [-0.15, -0.1) is 0 Å². The van der Waals surface area contributed by atoms with Crippen molar-refractivity contribution in [3.05, 3.63) is 12.2 Å². The Morgan fingerprint density at radius 1 is 0.531 bits per heavy atom. The molecule has 1 fully saturated rings. The van der Waals surface area contributed by atoms with Gasteiger partial charge >= 0.3 is 0 Å². The fourth-order valence-electron chi connectivity index (χ4n) is 8.85. The number of nitrogens with one attached hydrogen (secondary N) is 1. The molecule has 0 aliphatic carbocycles. The summed E-state index contributed by atoms with van der Waals surface area (Å²) in [4.78, 5) is 13.1. The summed E-state index contributed by atoms with van der Waals surface area (Å²) in [5.41, 5.74) is 0. The van der Waals surface area contributed by atoms with Crippen molar-refractivity contribution in [1.82, 2.24) is 5.32 Å². The molecule has 11 heteroatoms. The lowest BCUT2D eigenvalue weighted by Gasteiger charge is -2.40. The van der Waals surface area contributed by atoms with E-state index in [4.69, 9.17) is 9.47 Å². The molecule has 0 saturated carbocycles. The predicted octanol–water partition coefficient (Wildman–Crippen LogP) is 10.4. The van der Waals surface area contributed by atoms with Gasteiger partial charge in [-0.2, -0.15) is 0 Å². The van der Waals surface area contributed by atoms with Crippen molar-refractivity contribution in [3.8, 4) is 0 Å². The van der Waals surface area contributed by atoms with Gasteiger partial charge < -0.3 is 50.5 Å². The molecule has 9 atom stereocenters. The van der Waals surface area contributed by atoms with E-state index in [9.17, 15) is 40.5 Å². The molecule has 9 unspecified atom stereocenters. The van der Waals surface area contributed by atoms with E-state index < -0.39 is 74.2 Å². The van der Waals surface area contributed by atoms with E-state index in [1.807, 2.05) is 0 Å². The predicted molar refractivity (Wildman–Crippen MR) is 261 cm³/mol. The van der Waals surface area contributed by atoms with Crippen LogP contribution in [0.2, 0.25) is 0 Å². The van der Waals surface area contributed by atoms with Gasteiger partial charge in [0.05, 0.1) is 25.4 Å². The van der Waals surface area contributed by atoms with E-state index in [-0.39, 0.29) is 6.42 Å². The van der Waals surface area contributed by atoms with Crippen LogP contribution in [-0.2, 0) is 14.3 Å². The Morgan fingerprint density at radius 2 is 0.906 bits per heavy atom. The third-order valence-corrected chi connectivity index (χ3v) is 13.3. The second-order valence-electron chi connectivity index (χ2n) is 19.3. The summed E-state index contributed by atoms with van der Waals surface area (Å²) in [5.74, 6) is -0.697. The highest BCUT2D eigenvalue weighted by atomic mass is 16.7. The van der Waals surface area contributed by atoms with Crippen LogP contribution in [0, 0.1) is 0 Å². The summed E-state index contributed by atoms with van der Waals surface area (Å²) >= 11 is 0. The van der Waals surface area contributed by atoms with Gasteiger partial charge in [0.2, 0.25) is 5.91 Å². The first-order chi connectivity index (χ1) is 31.2. The minimum atomic E-state index is -1.66. The second kappa shape index (κ2) is 43.2. The summed E-state index contributed by atoms with van der Waals surface area (Å²) in [6.45, 7) is 3.46. The Balaban J connectivity index is 2.31. The molecule has 1 aliphatic heterocycles. The fraction of sp³-hybridized carbons (Fsp3) is 0.943. The summed E-state index contributed by atoms with van der Waals surface area (Å²) in [7, 11) is 0. The van der Waals surface area contributed by atoms with Crippen LogP contribution in [0.15, 0.2) is 12.2 Å². The molecule has 1 saturated heterocycles. The molecule has 0 aromatic carbocycles. The van der Waals surface area contributed by atoms with Crippen LogP contribution in [0.5, 0.6) is 0 Å². The molecule has 1 heterocycles. The van der Waals surface area contributed by atoms with E-state index in [2.05, 4.69) is 31.3 Å². The minimum Gasteiger partial charge on any atom is -0.394 e. The van der Waals surface area contributed by atoms with Gasteiger partial charge in [0.25, 0.3) is 0 Å². The quantitative estimate of drug-likeness (QED) is 0.0216. The summed E-state index contributed by atoms with van der Waals surface area (Å²) in [5, 5.41) is 75.9. The van der Waals surface area contributed by atoms with Crippen molar-refractivity contribution in [1.29, 1.82) is 0 Å². The zero-order chi connectivity index (χ0) is 46.9. The number of hydrogen-bond acceptors (Lipinski definition) is 10. The Kier molecular flexibility index (Phi) is 41.0. The lowest BCUT2D eigenvalue weighted by molar-refractivity contribution is -0.303.